The smallest absolute Gasteiger partial charge is 0.549 e. The van der Waals surface area contributed by atoms with E-state index in [4.69, 9.17) is 5.11 Å². The number of ether oxygens (including phenoxy) is 1. The molecule has 0 fully saturated rings. The molecule has 0 bridgehead atoms. The monoisotopic (exact) mass is 213 g/mol. The molecule has 0 heterocycles. The molecular weight excluding hydrogens is 201 g/mol. The Labute approximate surface area is 104 Å². The molecule has 7 heteroatoms. The van der Waals surface area contributed by atoms with Crippen LogP contribution in [0.1, 0.15) is 6.92 Å². The molecule has 0 aliphatic rings. The Bertz CT molecular complexity index is 185. The summed E-state index contributed by atoms with van der Waals surface area (Å²) in [5, 5.41) is 20.9. The van der Waals surface area contributed by atoms with Crippen molar-refractivity contribution in [3.8, 4) is 0 Å². The van der Waals surface area contributed by atoms with Crippen molar-refractivity contribution in [1.82, 2.24) is 5.32 Å². The minimum absolute atomic E-state index is 0. The van der Waals surface area contributed by atoms with E-state index in [2.05, 4.69) is 10.1 Å². The number of rotatable bonds is 6. The minimum atomic E-state index is -1.29. The molecule has 0 saturated heterocycles. The van der Waals surface area contributed by atoms with Crippen molar-refractivity contribution >= 4 is 11.9 Å². The van der Waals surface area contributed by atoms with E-state index in [1.165, 1.54) is 6.92 Å². The van der Waals surface area contributed by atoms with Gasteiger partial charge in [0.1, 0.15) is 6.61 Å². The molecule has 0 aliphatic carbocycles. The number of aliphatic hydroxyl groups excluding tert-OH is 1. The minimum Gasteiger partial charge on any atom is -0.549 e. The SMILES string of the molecule is CC(O)COC(=O)CNCC(=O)[O-].[Na+]. The zero-order chi connectivity index (χ0) is 10.3. The number of esters is 1. The zero-order valence-electron chi connectivity index (χ0n) is 8.28. The maximum absolute atomic E-state index is 10.7. The van der Waals surface area contributed by atoms with Gasteiger partial charge in [0.15, 0.2) is 0 Å². The first-order valence-corrected chi connectivity index (χ1v) is 3.76. The predicted molar refractivity (Wildman–Crippen MR) is 40.5 cm³/mol. The summed E-state index contributed by atoms with van der Waals surface area (Å²) in [7, 11) is 0. The van der Waals surface area contributed by atoms with Gasteiger partial charge >= 0.3 is 35.5 Å². The van der Waals surface area contributed by atoms with Gasteiger partial charge in [-0.15, -0.1) is 0 Å². The average Bonchev–Trinajstić information content (AvgIpc) is 2.00. The second kappa shape index (κ2) is 9.42. The molecule has 14 heavy (non-hydrogen) atoms. The van der Waals surface area contributed by atoms with Crippen molar-refractivity contribution in [3.05, 3.63) is 0 Å². The van der Waals surface area contributed by atoms with Crippen LogP contribution in [0.4, 0.5) is 0 Å². The van der Waals surface area contributed by atoms with Crippen molar-refractivity contribution in [2.24, 2.45) is 0 Å². The van der Waals surface area contributed by atoms with Crippen LogP contribution in [-0.2, 0) is 14.3 Å². The normalized spacial score (nSPS) is 11.3. The van der Waals surface area contributed by atoms with Crippen LogP contribution in [0, 0.1) is 0 Å². The molecule has 76 valence electrons. The zero-order valence-corrected chi connectivity index (χ0v) is 10.3. The van der Waals surface area contributed by atoms with Gasteiger partial charge in [0.25, 0.3) is 0 Å². The standard InChI is InChI=1S/C7H13NO5.Na/c1-5(9)4-13-7(12)3-8-2-6(10)11;/h5,8-9H,2-4H2,1H3,(H,10,11);/q;+1/p-1. The van der Waals surface area contributed by atoms with Gasteiger partial charge in [-0.05, 0) is 6.92 Å². The second-order valence-corrected chi connectivity index (χ2v) is 2.51. The number of carbonyl (C=O) groups is 2. The van der Waals surface area contributed by atoms with E-state index in [0.717, 1.165) is 0 Å². The van der Waals surface area contributed by atoms with Gasteiger partial charge in [-0.25, -0.2) is 0 Å². The number of aliphatic carboxylic acids is 1. The van der Waals surface area contributed by atoms with E-state index >= 15 is 0 Å². The van der Waals surface area contributed by atoms with Crippen LogP contribution in [0.25, 0.3) is 0 Å². The number of carbonyl (C=O) groups excluding carboxylic acids is 2. The van der Waals surface area contributed by atoms with Gasteiger partial charge in [-0.1, -0.05) is 0 Å². The molecular formula is C7H12NNaO5. The van der Waals surface area contributed by atoms with Crippen LogP contribution in [0.5, 0.6) is 0 Å². The molecule has 0 amide bonds. The van der Waals surface area contributed by atoms with Crippen LogP contribution in [0.15, 0.2) is 0 Å². The molecule has 0 aliphatic heterocycles. The van der Waals surface area contributed by atoms with Crippen LogP contribution in [-0.4, -0.2) is 42.8 Å². The largest absolute Gasteiger partial charge is 1.00 e. The maximum Gasteiger partial charge on any atom is 1.00 e. The van der Waals surface area contributed by atoms with Crippen LogP contribution >= 0.6 is 0 Å². The number of hydrogen-bond acceptors (Lipinski definition) is 6. The van der Waals surface area contributed by atoms with Crippen molar-refractivity contribution in [2.45, 2.75) is 13.0 Å². The van der Waals surface area contributed by atoms with Crippen molar-refractivity contribution in [1.29, 1.82) is 0 Å². The van der Waals surface area contributed by atoms with Gasteiger partial charge < -0.3 is 25.1 Å². The first-order valence-electron chi connectivity index (χ1n) is 3.76. The van der Waals surface area contributed by atoms with Gasteiger partial charge in [0.2, 0.25) is 0 Å². The second-order valence-electron chi connectivity index (χ2n) is 2.51. The summed E-state index contributed by atoms with van der Waals surface area (Å²) in [5.74, 6) is -1.90. The number of hydrogen-bond donors (Lipinski definition) is 2. The molecule has 2 N–H and O–H groups in total. The Hall–Kier alpha value is -0.140. The maximum atomic E-state index is 10.7. The van der Waals surface area contributed by atoms with E-state index in [-0.39, 0.29) is 42.7 Å². The van der Waals surface area contributed by atoms with Crippen LogP contribution < -0.4 is 40.0 Å². The Kier molecular flexibility index (Phi) is 11.0. The molecule has 0 aromatic carbocycles. The number of carboxylic acid groups (broad SMARTS) is 1. The van der Waals surface area contributed by atoms with E-state index in [9.17, 15) is 14.7 Å². The van der Waals surface area contributed by atoms with E-state index < -0.39 is 24.6 Å². The number of aliphatic hydroxyl groups is 1. The molecule has 0 radical (unpaired) electrons. The summed E-state index contributed by atoms with van der Waals surface area (Å²) < 4.78 is 4.52. The summed E-state index contributed by atoms with van der Waals surface area (Å²) >= 11 is 0. The number of nitrogens with one attached hydrogen (secondary N) is 1. The Morgan fingerprint density at radius 2 is 2.07 bits per heavy atom. The summed E-state index contributed by atoms with van der Waals surface area (Å²) in [6.45, 7) is 0.776. The van der Waals surface area contributed by atoms with Gasteiger partial charge in [-0.2, -0.15) is 0 Å². The molecule has 0 spiro atoms. The molecule has 1 atom stereocenters. The summed E-state index contributed by atoms with van der Waals surface area (Å²) in [5.41, 5.74) is 0. The predicted octanol–water partition coefficient (Wildman–Crippen LogP) is -5.75. The molecule has 1 unspecified atom stereocenters. The average molecular weight is 213 g/mol. The van der Waals surface area contributed by atoms with Crippen molar-refractivity contribution in [3.63, 3.8) is 0 Å². The fraction of sp³-hybridized carbons (Fsp3) is 0.714. The molecule has 0 saturated carbocycles. The van der Waals surface area contributed by atoms with Crippen LogP contribution in [0.2, 0.25) is 0 Å². The summed E-state index contributed by atoms with van der Waals surface area (Å²) in [6.07, 6.45) is -0.718. The molecule has 0 rings (SSSR count). The Morgan fingerprint density at radius 1 is 1.50 bits per heavy atom. The third-order valence-electron chi connectivity index (χ3n) is 1.02. The fourth-order valence-corrected chi connectivity index (χ4v) is 0.531. The summed E-state index contributed by atoms with van der Waals surface area (Å²) in [4.78, 5) is 20.6. The van der Waals surface area contributed by atoms with Crippen LogP contribution in [0.3, 0.4) is 0 Å². The molecule has 6 nitrogen and oxygen atoms in total. The first-order chi connectivity index (χ1) is 6.02. The van der Waals surface area contributed by atoms with E-state index in [1.807, 2.05) is 0 Å². The Balaban J connectivity index is 0. The number of carboxylic acids is 1. The van der Waals surface area contributed by atoms with Crippen molar-refractivity contribution < 1.29 is 54.1 Å². The Morgan fingerprint density at radius 3 is 2.50 bits per heavy atom. The van der Waals surface area contributed by atoms with Crippen molar-refractivity contribution in [2.75, 3.05) is 19.7 Å². The van der Waals surface area contributed by atoms with Gasteiger partial charge in [0.05, 0.1) is 18.6 Å². The van der Waals surface area contributed by atoms with E-state index in [1.54, 1.807) is 0 Å². The van der Waals surface area contributed by atoms with Gasteiger partial charge in [-0.3, -0.25) is 4.79 Å². The topological polar surface area (TPSA) is 98.7 Å². The quantitative estimate of drug-likeness (QED) is 0.337. The summed E-state index contributed by atoms with van der Waals surface area (Å²) in [6, 6.07) is 0. The molecule has 0 aromatic heterocycles. The van der Waals surface area contributed by atoms with E-state index in [0.29, 0.717) is 0 Å². The third kappa shape index (κ3) is 11.9. The third-order valence-corrected chi connectivity index (χ3v) is 1.02. The van der Waals surface area contributed by atoms with Gasteiger partial charge in [0, 0.05) is 6.54 Å². The first kappa shape index (κ1) is 16.3. The fourth-order valence-electron chi connectivity index (χ4n) is 0.531. The molecule has 0 aromatic rings.